The van der Waals surface area contributed by atoms with Gasteiger partial charge >= 0.3 is 5.97 Å². The van der Waals surface area contributed by atoms with Gasteiger partial charge in [-0.05, 0) is 30.5 Å². The first kappa shape index (κ1) is 15.5. The van der Waals surface area contributed by atoms with Crippen LogP contribution >= 0.6 is 0 Å². The molecule has 106 valence electrons. The Morgan fingerprint density at radius 1 is 1.32 bits per heavy atom. The zero-order valence-electron chi connectivity index (χ0n) is 11.6. The van der Waals surface area contributed by atoms with Crippen molar-refractivity contribution in [3.05, 3.63) is 28.8 Å². The fourth-order valence-corrected chi connectivity index (χ4v) is 2.02. The maximum atomic E-state index is 10.8. The second-order valence-electron chi connectivity index (χ2n) is 4.68. The molecule has 0 fully saturated rings. The van der Waals surface area contributed by atoms with Crippen LogP contribution in [-0.2, 0) is 16.1 Å². The van der Waals surface area contributed by atoms with E-state index in [2.05, 4.69) is 0 Å². The Labute approximate surface area is 113 Å². The van der Waals surface area contributed by atoms with Gasteiger partial charge in [0.25, 0.3) is 0 Å². The maximum absolute atomic E-state index is 10.8. The molecule has 0 amide bonds. The van der Waals surface area contributed by atoms with Crippen LogP contribution in [0.25, 0.3) is 0 Å². The summed E-state index contributed by atoms with van der Waals surface area (Å²) in [4.78, 5) is 12.6. The van der Waals surface area contributed by atoms with Gasteiger partial charge in [-0.15, -0.1) is 0 Å². The average Bonchev–Trinajstić information content (AvgIpc) is 2.32. The smallest absolute Gasteiger partial charge is 0.317 e. The van der Waals surface area contributed by atoms with Gasteiger partial charge in [0.1, 0.15) is 5.75 Å². The molecule has 0 heterocycles. The number of benzene rings is 1. The van der Waals surface area contributed by atoms with Crippen molar-refractivity contribution < 1.29 is 19.7 Å². The minimum Gasteiger partial charge on any atom is -0.507 e. The molecule has 0 aliphatic heterocycles. The van der Waals surface area contributed by atoms with Gasteiger partial charge in [0.15, 0.2) is 0 Å². The molecule has 0 bridgehead atoms. The first-order valence-electron chi connectivity index (χ1n) is 6.16. The van der Waals surface area contributed by atoms with Gasteiger partial charge in [0, 0.05) is 20.2 Å². The summed E-state index contributed by atoms with van der Waals surface area (Å²) < 4.78 is 4.98. The molecule has 19 heavy (non-hydrogen) atoms. The summed E-state index contributed by atoms with van der Waals surface area (Å²) >= 11 is 0. The number of carbonyl (C=O) groups is 1. The van der Waals surface area contributed by atoms with E-state index in [1.165, 1.54) is 0 Å². The molecule has 5 nitrogen and oxygen atoms in total. The Morgan fingerprint density at radius 2 is 1.89 bits per heavy atom. The second kappa shape index (κ2) is 7.11. The van der Waals surface area contributed by atoms with Crippen LogP contribution in [-0.4, -0.2) is 47.9 Å². The maximum Gasteiger partial charge on any atom is 0.317 e. The van der Waals surface area contributed by atoms with Crippen LogP contribution in [0, 0.1) is 13.8 Å². The Morgan fingerprint density at radius 3 is 2.37 bits per heavy atom. The van der Waals surface area contributed by atoms with E-state index in [-0.39, 0.29) is 6.54 Å². The number of hydrogen-bond donors (Lipinski definition) is 2. The standard InChI is InChI=1S/C14H21NO4/c1-10-6-12(7-11(2)14(10)18)8-15(4-5-19-3)9-13(16)17/h6-7,18H,4-5,8-9H2,1-3H3,(H,16,17). The van der Waals surface area contributed by atoms with Crippen molar-refractivity contribution >= 4 is 5.97 Å². The highest BCUT2D eigenvalue weighted by molar-refractivity contribution is 5.69. The summed E-state index contributed by atoms with van der Waals surface area (Å²) in [6, 6.07) is 3.76. The van der Waals surface area contributed by atoms with E-state index in [0.717, 1.165) is 16.7 Å². The number of hydrogen-bond acceptors (Lipinski definition) is 4. The summed E-state index contributed by atoms with van der Waals surface area (Å²) in [5.74, 6) is -0.561. The van der Waals surface area contributed by atoms with Crippen LogP contribution in [0.5, 0.6) is 5.75 Å². The minimum atomic E-state index is -0.858. The summed E-state index contributed by atoms with van der Waals surface area (Å²) in [5.41, 5.74) is 2.60. The van der Waals surface area contributed by atoms with Gasteiger partial charge in [-0.25, -0.2) is 0 Å². The molecule has 5 heteroatoms. The molecule has 0 unspecified atom stereocenters. The van der Waals surface area contributed by atoms with E-state index in [1.54, 1.807) is 12.0 Å². The van der Waals surface area contributed by atoms with Crippen LogP contribution in [0.3, 0.4) is 0 Å². The van der Waals surface area contributed by atoms with Crippen LogP contribution < -0.4 is 0 Å². The summed E-state index contributed by atoms with van der Waals surface area (Å²) in [7, 11) is 1.59. The van der Waals surface area contributed by atoms with E-state index in [4.69, 9.17) is 9.84 Å². The topological polar surface area (TPSA) is 70.0 Å². The van der Waals surface area contributed by atoms with E-state index in [1.807, 2.05) is 26.0 Å². The number of aryl methyl sites for hydroxylation is 2. The minimum absolute atomic E-state index is 0.0255. The summed E-state index contributed by atoms with van der Waals surface area (Å²) in [6.07, 6.45) is 0. The predicted octanol–water partition coefficient (Wildman–Crippen LogP) is 1.54. The first-order chi connectivity index (χ1) is 8.93. The Balaban J connectivity index is 2.80. The zero-order chi connectivity index (χ0) is 14.4. The van der Waals surface area contributed by atoms with Gasteiger partial charge < -0.3 is 14.9 Å². The number of methoxy groups -OCH3 is 1. The van der Waals surface area contributed by atoms with Crippen LogP contribution in [0.4, 0.5) is 0 Å². The van der Waals surface area contributed by atoms with Crippen molar-refractivity contribution in [1.29, 1.82) is 0 Å². The zero-order valence-corrected chi connectivity index (χ0v) is 11.6. The lowest BCUT2D eigenvalue weighted by atomic mass is 10.1. The molecule has 0 radical (unpaired) electrons. The third kappa shape index (κ3) is 4.89. The number of ether oxygens (including phenoxy) is 1. The number of carboxylic acid groups (broad SMARTS) is 1. The summed E-state index contributed by atoms with van der Waals surface area (Å²) in [6.45, 7) is 5.22. The molecular weight excluding hydrogens is 246 g/mol. The number of aliphatic carboxylic acids is 1. The van der Waals surface area contributed by atoms with Crippen molar-refractivity contribution in [2.45, 2.75) is 20.4 Å². The van der Waals surface area contributed by atoms with Crippen molar-refractivity contribution in [2.75, 3.05) is 26.8 Å². The number of aromatic hydroxyl groups is 1. The molecule has 0 saturated heterocycles. The van der Waals surface area contributed by atoms with Gasteiger partial charge in [0.05, 0.1) is 13.2 Å². The highest BCUT2D eigenvalue weighted by Crippen LogP contribution is 2.23. The lowest BCUT2D eigenvalue weighted by Crippen LogP contribution is -2.32. The number of phenols is 1. The van der Waals surface area contributed by atoms with Crippen LogP contribution in [0.15, 0.2) is 12.1 Å². The number of carboxylic acids is 1. The Hall–Kier alpha value is -1.59. The highest BCUT2D eigenvalue weighted by atomic mass is 16.5. The van der Waals surface area contributed by atoms with E-state index in [9.17, 15) is 9.90 Å². The fraction of sp³-hybridized carbons (Fsp3) is 0.500. The quantitative estimate of drug-likeness (QED) is 0.784. The second-order valence-corrected chi connectivity index (χ2v) is 4.68. The first-order valence-corrected chi connectivity index (χ1v) is 6.16. The average molecular weight is 267 g/mol. The number of nitrogens with zero attached hydrogens (tertiary/aromatic N) is 1. The van der Waals surface area contributed by atoms with Crippen molar-refractivity contribution in [3.63, 3.8) is 0 Å². The van der Waals surface area contributed by atoms with E-state index in [0.29, 0.717) is 25.4 Å². The highest BCUT2D eigenvalue weighted by Gasteiger charge is 2.12. The molecular formula is C14H21NO4. The lowest BCUT2D eigenvalue weighted by Gasteiger charge is -2.20. The molecule has 1 aromatic carbocycles. The van der Waals surface area contributed by atoms with Crippen molar-refractivity contribution in [3.8, 4) is 5.75 Å². The fourth-order valence-electron chi connectivity index (χ4n) is 2.02. The largest absolute Gasteiger partial charge is 0.507 e. The lowest BCUT2D eigenvalue weighted by molar-refractivity contribution is -0.138. The molecule has 0 aromatic heterocycles. The van der Waals surface area contributed by atoms with Gasteiger partial charge in [0.2, 0.25) is 0 Å². The van der Waals surface area contributed by atoms with Crippen molar-refractivity contribution in [1.82, 2.24) is 4.90 Å². The molecule has 0 saturated carbocycles. The molecule has 1 aromatic rings. The molecule has 0 spiro atoms. The summed E-state index contributed by atoms with van der Waals surface area (Å²) in [5, 5.41) is 18.6. The monoisotopic (exact) mass is 267 g/mol. The van der Waals surface area contributed by atoms with Crippen LogP contribution in [0.2, 0.25) is 0 Å². The van der Waals surface area contributed by atoms with E-state index >= 15 is 0 Å². The molecule has 0 atom stereocenters. The van der Waals surface area contributed by atoms with Crippen LogP contribution in [0.1, 0.15) is 16.7 Å². The Kier molecular flexibility index (Phi) is 5.79. The molecule has 0 aliphatic rings. The van der Waals surface area contributed by atoms with Gasteiger partial charge in [-0.3, -0.25) is 9.69 Å². The van der Waals surface area contributed by atoms with Gasteiger partial charge in [-0.2, -0.15) is 0 Å². The van der Waals surface area contributed by atoms with Crippen molar-refractivity contribution in [2.24, 2.45) is 0 Å². The number of phenolic OH excluding ortho intramolecular Hbond substituents is 1. The molecule has 2 N–H and O–H groups in total. The third-order valence-corrected chi connectivity index (χ3v) is 2.93. The third-order valence-electron chi connectivity index (χ3n) is 2.93. The number of rotatable bonds is 7. The molecule has 0 aliphatic carbocycles. The van der Waals surface area contributed by atoms with E-state index < -0.39 is 5.97 Å². The molecule has 1 rings (SSSR count). The normalized spacial score (nSPS) is 10.9. The predicted molar refractivity (Wildman–Crippen MR) is 72.4 cm³/mol. The van der Waals surface area contributed by atoms with Gasteiger partial charge in [-0.1, -0.05) is 12.1 Å². The Bertz CT molecular complexity index is 422. The SMILES string of the molecule is COCCN(CC(=O)O)Cc1cc(C)c(O)c(C)c1.